The number of carboxylic acids is 2. The summed E-state index contributed by atoms with van der Waals surface area (Å²) in [5, 5.41) is 18.6. The Hall–Kier alpha value is -1.84. The largest absolute Gasteiger partial charge is 0.478 e. The quantitative estimate of drug-likeness (QED) is 0.558. The summed E-state index contributed by atoms with van der Waals surface area (Å²) in [5.41, 5.74) is 1.37. The monoisotopic (exact) mass is 320 g/mol. The molecule has 0 aliphatic carbocycles. The molecule has 0 fully saturated rings. The van der Waals surface area contributed by atoms with E-state index >= 15 is 0 Å². The SMILES string of the molecule is CCCCCCCCCCc1c(C)ccc(C(=O)O)c1C(=O)O. The van der Waals surface area contributed by atoms with Crippen LogP contribution in [0.4, 0.5) is 0 Å². The highest BCUT2D eigenvalue weighted by atomic mass is 16.4. The van der Waals surface area contributed by atoms with E-state index < -0.39 is 11.9 Å². The number of hydrogen-bond donors (Lipinski definition) is 2. The predicted molar refractivity (Wildman–Crippen MR) is 91.4 cm³/mol. The highest BCUT2D eigenvalue weighted by molar-refractivity contribution is 6.03. The van der Waals surface area contributed by atoms with Crippen LogP contribution in [0.5, 0.6) is 0 Å². The fraction of sp³-hybridized carbons (Fsp3) is 0.579. The lowest BCUT2D eigenvalue weighted by Crippen LogP contribution is -2.13. The first-order chi connectivity index (χ1) is 11.0. The molecule has 2 N–H and O–H groups in total. The van der Waals surface area contributed by atoms with Crippen LogP contribution in [-0.2, 0) is 6.42 Å². The lowest BCUT2D eigenvalue weighted by Gasteiger charge is -2.12. The van der Waals surface area contributed by atoms with Gasteiger partial charge in [-0.2, -0.15) is 0 Å². The average molecular weight is 320 g/mol. The number of hydrogen-bond acceptors (Lipinski definition) is 2. The lowest BCUT2D eigenvalue weighted by atomic mass is 9.92. The summed E-state index contributed by atoms with van der Waals surface area (Å²) in [6.07, 6.45) is 10.1. The van der Waals surface area contributed by atoms with E-state index in [1.807, 2.05) is 6.92 Å². The Morgan fingerprint density at radius 2 is 1.43 bits per heavy atom. The molecule has 4 heteroatoms. The van der Waals surface area contributed by atoms with Crippen LogP contribution in [-0.4, -0.2) is 22.2 Å². The van der Waals surface area contributed by atoms with Gasteiger partial charge in [0.05, 0.1) is 11.1 Å². The van der Waals surface area contributed by atoms with Crippen LogP contribution in [0.15, 0.2) is 12.1 Å². The molecule has 0 amide bonds. The molecule has 0 saturated carbocycles. The summed E-state index contributed by atoms with van der Waals surface area (Å²) in [4.78, 5) is 22.7. The molecule has 0 atom stereocenters. The van der Waals surface area contributed by atoms with Gasteiger partial charge in [0.1, 0.15) is 0 Å². The molecule has 128 valence electrons. The summed E-state index contributed by atoms with van der Waals surface area (Å²) < 4.78 is 0. The molecule has 0 aromatic heterocycles. The smallest absolute Gasteiger partial charge is 0.336 e. The first-order valence-corrected chi connectivity index (χ1v) is 8.58. The molecule has 0 radical (unpaired) electrons. The van der Waals surface area contributed by atoms with Crippen molar-refractivity contribution in [2.45, 2.75) is 71.6 Å². The number of unbranched alkanes of at least 4 members (excludes halogenated alkanes) is 7. The van der Waals surface area contributed by atoms with E-state index in [-0.39, 0.29) is 11.1 Å². The van der Waals surface area contributed by atoms with E-state index in [2.05, 4.69) is 6.92 Å². The average Bonchev–Trinajstić information content (AvgIpc) is 2.50. The van der Waals surface area contributed by atoms with Gasteiger partial charge in [-0.1, -0.05) is 57.9 Å². The van der Waals surface area contributed by atoms with Gasteiger partial charge in [-0.15, -0.1) is 0 Å². The molecule has 1 aromatic carbocycles. The molecular weight excluding hydrogens is 292 g/mol. The van der Waals surface area contributed by atoms with Crippen molar-refractivity contribution < 1.29 is 19.8 Å². The Bertz CT molecular complexity index is 534. The maximum atomic E-state index is 11.5. The molecular formula is C19H28O4. The standard InChI is InChI=1S/C19H28O4/c1-3-4-5-6-7-8-9-10-11-15-14(2)12-13-16(18(20)21)17(15)19(22)23/h12-13H,3-11H2,1-2H3,(H,20,21)(H,22,23). The van der Waals surface area contributed by atoms with Crippen molar-refractivity contribution in [2.24, 2.45) is 0 Å². The van der Waals surface area contributed by atoms with E-state index in [9.17, 15) is 19.8 Å². The van der Waals surface area contributed by atoms with Crippen LogP contribution in [0.1, 0.15) is 90.1 Å². The first kappa shape index (κ1) is 19.2. The van der Waals surface area contributed by atoms with Gasteiger partial charge < -0.3 is 10.2 Å². The maximum Gasteiger partial charge on any atom is 0.336 e. The molecule has 0 saturated heterocycles. The van der Waals surface area contributed by atoms with Crippen molar-refractivity contribution in [2.75, 3.05) is 0 Å². The van der Waals surface area contributed by atoms with E-state index in [1.54, 1.807) is 6.07 Å². The van der Waals surface area contributed by atoms with E-state index in [0.29, 0.717) is 12.0 Å². The fourth-order valence-corrected chi connectivity index (χ4v) is 2.93. The zero-order valence-electron chi connectivity index (χ0n) is 14.2. The summed E-state index contributed by atoms with van der Waals surface area (Å²) in [6, 6.07) is 3.09. The highest BCUT2D eigenvalue weighted by Gasteiger charge is 2.21. The number of aryl methyl sites for hydroxylation is 1. The molecule has 23 heavy (non-hydrogen) atoms. The van der Waals surface area contributed by atoms with E-state index in [1.165, 1.54) is 38.2 Å². The molecule has 0 bridgehead atoms. The minimum absolute atomic E-state index is 0.0413. The lowest BCUT2D eigenvalue weighted by molar-refractivity contribution is 0.0650. The van der Waals surface area contributed by atoms with Crippen LogP contribution in [0.25, 0.3) is 0 Å². The van der Waals surface area contributed by atoms with Crippen molar-refractivity contribution in [1.29, 1.82) is 0 Å². The van der Waals surface area contributed by atoms with Gasteiger partial charge in [0.15, 0.2) is 0 Å². The molecule has 0 aliphatic heterocycles. The van der Waals surface area contributed by atoms with Crippen LogP contribution >= 0.6 is 0 Å². The zero-order valence-corrected chi connectivity index (χ0v) is 14.2. The number of carboxylic acid groups (broad SMARTS) is 2. The van der Waals surface area contributed by atoms with Crippen molar-refractivity contribution >= 4 is 11.9 Å². The van der Waals surface area contributed by atoms with Gasteiger partial charge in [0.2, 0.25) is 0 Å². The summed E-state index contributed by atoms with van der Waals surface area (Å²) in [7, 11) is 0. The molecule has 4 nitrogen and oxygen atoms in total. The Labute approximate surface area is 138 Å². The van der Waals surface area contributed by atoms with E-state index in [0.717, 1.165) is 24.8 Å². The Balaban J connectivity index is 2.61. The molecule has 1 aromatic rings. The number of rotatable bonds is 11. The molecule has 1 rings (SSSR count). The van der Waals surface area contributed by atoms with Crippen molar-refractivity contribution in [1.82, 2.24) is 0 Å². The normalized spacial score (nSPS) is 10.7. The van der Waals surface area contributed by atoms with Crippen molar-refractivity contribution in [3.8, 4) is 0 Å². The number of carbonyl (C=O) groups is 2. The minimum atomic E-state index is -1.18. The summed E-state index contributed by atoms with van der Waals surface area (Å²) in [5.74, 6) is -2.33. The van der Waals surface area contributed by atoms with Gasteiger partial charge in [0.25, 0.3) is 0 Å². The Kier molecular flexibility index (Phi) is 8.38. The topological polar surface area (TPSA) is 74.6 Å². The number of benzene rings is 1. The van der Waals surface area contributed by atoms with Crippen molar-refractivity contribution in [3.63, 3.8) is 0 Å². The second-order valence-corrected chi connectivity index (χ2v) is 6.12. The van der Waals surface area contributed by atoms with Crippen molar-refractivity contribution in [3.05, 3.63) is 34.4 Å². The summed E-state index contributed by atoms with van der Waals surface area (Å²) >= 11 is 0. The summed E-state index contributed by atoms with van der Waals surface area (Å²) in [6.45, 7) is 4.05. The number of aromatic carboxylic acids is 2. The molecule has 0 spiro atoms. The Morgan fingerprint density at radius 3 is 1.96 bits per heavy atom. The third-order valence-corrected chi connectivity index (χ3v) is 4.27. The van der Waals surface area contributed by atoms with Gasteiger partial charge in [-0.25, -0.2) is 9.59 Å². The molecule has 0 aliphatic rings. The highest BCUT2D eigenvalue weighted by Crippen LogP contribution is 2.22. The van der Waals surface area contributed by atoms with E-state index in [4.69, 9.17) is 0 Å². The van der Waals surface area contributed by atoms with Crippen LogP contribution in [0.3, 0.4) is 0 Å². The van der Waals surface area contributed by atoms with Gasteiger partial charge in [-0.3, -0.25) is 0 Å². The Morgan fingerprint density at radius 1 is 0.870 bits per heavy atom. The minimum Gasteiger partial charge on any atom is -0.478 e. The van der Waals surface area contributed by atoms with Gasteiger partial charge in [0, 0.05) is 0 Å². The maximum absolute atomic E-state index is 11.5. The fourth-order valence-electron chi connectivity index (χ4n) is 2.93. The van der Waals surface area contributed by atoms with Gasteiger partial charge >= 0.3 is 11.9 Å². The third-order valence-electron chi connectivity index (χ3n) is 4.27. The van der Waals surface area contributed by atoms with Crippen LogP contribution < -0.4 is 0 Å². The third kappa shape index (κ3) is 6.05. The molecule has 0 unspecified atom stereocenters. The predicted octanol–water partition coefficient (Wildman–Crippen LogP) is 5.07. The second kappa shape index (κ2) is 10.0. The van der Waals surface area contributed by atoms with Gasteiger partial charge in [-0.05, 0) is 37.0 Å². The van der Waals surface area contributed by atoms with Crippen LogP contribution in [0.2, 0.25) is 0 Å². The zero-order chi connectivity index (χ0) is 17.2. The second-order valence-electron chi connectivity index (χ2n) is 6.12. The molecule has 0 heterocycles. The van der Waals surface area contributed by atoms with Crippen LogP contribution in [0, 0.1) is 6.92 Å². The first-order valence-electron chi connectivity index (χ1n) is 8.58.